The van der Waals surface area contributed by atoms with Gasteiger partial charge in [0.1, 0.15) is 0 Å². The maximum Gasteiger partial charge on any atom is 0.246 e. The predicted octanol–water partition coefficient (Wildman–Crippen LogP) is 2.78. The zero-order valence-electron chi connectivity index (χ0n) is 29.1. The lowest BCUT2D eigenvalue weighted by Gasteiger charge is -2.34. The van der Waals surface area contributed by atoms with Gasteiger partial charge in [-0.1, -0.05) is 42.5 Å². The highest BCUT2D eigenvalue weighted by Gasteiger charge is 2.48. The molecule has 3 heterocycles. The second-order valence-corrected chi connectivity index (χ2v) is 13.3. The number of piperidine rings is 2. The summed E-state index contributed by atoms with van der Waals surface area (Å²) in [5.41, 5.74) is 2.13. The monoisotopic (exact) mass is 715 g/mol. The summed E-state index contributed by atoms with van der Waals surface area (Å²) < 4.78 is 16.8. The molecule has 4 amide bonds. The SMILES string of the molecule is O=C1CCC(C2C(=O)c3cccc(NCCOCCOCCOCCC(=O)N4CCC(C(=O)N5N=CCC5c5ccccc5)CC4)c3C2=O)C(=O)N1. The molecule has 2 fully saturated rings. The molecular weight excluding hydrogens is 670 g/mol. The number of fused-ring (bicyclic) bond motifs is 1. The Morgan fingerprint density at radius 1 is 0.827 bits per heavy atom. The van der Waals surface area contributed by atoms with Crippen LogP contribution < -0.4 is 10.6 Å². The van der Waals surface area contributed by atoms with Crippen LogP contribution in [0.25, 0.3) is 0 Å². The van der Waals surface area contributed by atoms with Crippen LogP contribution in [0, 0.1) is 17.8 Å². The van der Waals surface area contributed by atoms with Crippen molar-refractivity contribution in [2.75, 3.05) is 64.6 Å². The first-order chi connectivity index (χ1) is 25.3. The van der Waals surface area contributed by atoms with Gasteiger partial charge in [0.2, 0.25) is 23.6 Å². The molecule has 0 radical (unpaired) electrons. The van der Waals surface area contributed by atoms with E-state index in [2.05, 4.69) is 15.7 Å². The number of hydrogen-bond acceptors (Lipinski definition) is 11. The largest absolute Gasteiger partial charge is 0.382 e. The van der Waals surface area contributed by atoms with E-state index in [1.165, 1.54) is 0 Å². The molecule has 0 spiro atoms. The lowest BCUT2D eigenvalue weighted by atomic mass is 9.82. The Morgan fingerprint density at radius 2 is 1.54 bits per heavy atom. The van der Waals surface area contributed by atoms with Gasteiger partial charge >= 0.3 is 0 Å². The minimum absolute atomic E-state index is 0.0146. The summed E-state index contributed by atoms with van der Waals surface area (Å²) in [6.45, 7) is 3.47. The number of anilines is 1. The van der Waals surface area contributed by atoms with Gasteiger partial charge in [0.05, 0.1) is 69.5 Å². The number of hydrogen-bond donors (Lipinski definition) is 2. The fourth-order valence-corrected chi connectivity index (χ4v) is 7.26. The Bertz CT molecular complexity index is 1670. The van der Waals surface area contributed by atoms with Crippen LogP contribution in [0.5, 0.6) is 0 Å². The molecule has 0 aromatic heterocycles. The third-order valence-corrected chi connectivity index (χ3v) is 10.0. The first kappa shape index (κ1) is 37.0. The number of rotatable bonds is 16. The summed E-state index contributed by atoms with van der Waals surface area (Å²) >= 11 is 0. The molecule has 1 aliphatic carbocycles. The Morgan fingerprint density at radius 3 is 2.27 bits per heavy atom. The van der Waals surface area contributed by atoms with E-state index in [0.29, 0.717) is 77.6 Å². The van der Waals surface area contributed by atoms with Crippen molar-refractivity contribution in [2.45, 2.75) is 44.6 Å². The first-order valence-electron chi connectivity index (χ1n) is 18.0. The highest BCUT2D eigenvalue weighted by Crippen LogP contribution is 2.38. The average Bonchev–Trinajstić information content (AvgIpc) is 3.75. The van der Waals surface area contributed by atoms with Crippen molar-refractivity contribution in [1.82, 2.24) is 15.2 Å². The van der Waals surface area contributed by atoms with Crippen LogP contribution in [-0.4, -0.2) is 111 Å². The first-order valence-corrected chi connectivity index (χ1v) is 18.0. The van der Waals surface area contributed by atoms with E-state index in [0.717, 1.165) is 5.56 Å². The van der Waals surface area contributed by atoms with E-state index < -0.39 is 35.2 Å². The van der Waals surface area contributed by atoms with Gasteiger partial charge in [0.15, 0.2) is 11.6 Å². The molecule has 52 heavy (non-hydrogen) atoms. The van der Waals surface area contributed by atoms with Crippen LogP contribution in [0.2, 0.25) is 0 Å². The van der Waals surface area contributed by atoms with Crippen molar-refractivity contribution in [3.8, 4) is 0 Å². The van der Waals surface area contributed by atoms with Crippen molar-refractivity contribution in [1.29, 1.82) is 0 Å². The van der Waals surface area contributed by atoms with E-state index in [4.69, 9.17) is 14.2 Å². The summed E-state index contributed by atoms with van der Waals surface area (Å²) in [6, 6.07) is 14.8. The third kappa shape index (κ3) is 8.63. The number of likely N-dealkylation sites (tertiary alicyclic amines) is 1. The molecule has 2 aromatic carbocycles. The van der Waals surface area contributed by atoms with Gasteiger partial charge in [-0.3, -0.25) is 34.1 Å². The maximum absolute atomic E-state index is 13.3. The second kappa shape index (κ2) is 17.6. The summed E-state index contributed by atoms with van der Waals surface area (Å²) in [4.78, 5) is 78.0. The molecule has 14 heteroatoms. The Labute approximate surface area is 302 Å². The highest BCUT2D eigenvalue weighted by molar-refractivity contribution is 6.30. The van der Waals surface area contributed by atoms with Crippen molar-refractivity contribution < 1.29 is 43.0 Å². The summed E-state index contributed by atoms with van der Waals surface area (Å²) in [5, 5.41) is 11.4. The smallest absolute Gasteiger partial charge is 0.246 e. The molecule has 2 saturated heterocycles. The van der Waals surface area contributed by atoms with E-state index in [-0.39, 0.29) is 60.8 Å². The number of benzene rings is 2. The molecule has 3 unspecified atom stereocenters. The Kier molecular flexibility index (Phi) is 12.5. The fourth-order valence-electron chi connectivity index (χ4n) is 7.26. The number of ether oxygens (including phenoxy) is 3. The number of amides is 4. The van der Waals surface area contributed by atoms with Gasteiger partial charge < -0.3 is 24.4 Å². The lowest BCUT2D eigenvalue weighted by molar-refractivity contribution is -0.142. The Hall–Kier alpha value is -4.79. The van der Waals surface area contributed by atoms with Gasteiger partial charge in [0, 0.05) is 55.9 Å². The molecule has 0 bridgehead atoms. The topological polar surface area (TPSA) is 173 Å². The van der Waals surface area contributed by atoms with Gasteiger partial charge in [-0.15, -0.1) is 0 Å². The maximum atomic E-state index is 13.3. The molecule has 4 aliphatic rings. The molecule has 3 atom stereocenters. The summed E-state index contributed by atoms with van der Waals surface area (Å²) in [7, 11) is 0. The molecule has 14 nitrogen and oxygen atoms in total. The van der Waals surface area contributed by atoms with Crippen LogP contribution in [0.3, 0.4) is 0 Å². The summed E-state index contributed by atoms with van der Waals surface area (Å²) in [5.74, 6) is -3.85. The molecule has 2 N–H and O–H groups in total. The number of ketones is 2. The number of imide groups is 1. The van der Waals surface area contributed by atoms with Crippen molar-refractivity contribution in [3.05, 3.63) is 65.2 Å². The molecule has 6 rings (SSSR count). The van der Waals surface area contributed by atoms with Crippen molar-refractivity contribution in [2.24, 2.45) is 22.9 Å². The van der Waals surface area contributed by atoms with Crippen molar-refractivity contribution >= 4 is 47.1 Å². The molecule has 3 aliphatic heterocycles. The molecule has 276 valence electrons. The zero-order valence-corrected chi connectivity index (χ0v) is 29.1. The molecular formula is C38H45N5O9. The van der Waals surface area contributed by atoms with E-state index in [9.17, 15) is 28.8 Å². The number of nitrogens with one attached hydrogen (secondary N) is 2. The second-order valence-electron chi connectivity index (χ2n) is 13.3. The van der Waals surface area contributed by atoms with E-state index in [1.54, 1.807) is 34.3 Å². The third-order valence-electron chi connectivity index (χ3n) is 10.0. The standard InChI is InChI=1S/C38H45N5O9/c44-31-10-9-28(37(48)41-31)34-35(46)27-7-4-8-29(33(27)36(34)47)39-16-20-51-22-24-52-23-21-50-19-14-32(45)42-17-12-26(13-18-42)38(49)43-30(11-15-40-43)25-5-2-1-3-6-25/h1-8,15,26,28,30,34,39H,9-14,16-24H2,(H,41,44,48). The van der Waals surface area contributed by atoms with Crippen LogP contribution in [0.4, 0.5) is 5.69 Å². The number of hydrazone groups is 1. The minimum atomic E-state index is -1.12. The molecule has 2 aromatic rings. The fraction of sp³-hybridized carbons (Fsp3) is 0.500. The average molecular weight is 716 g/mol. The Balaban J connectivity index is 0.794. The summed E-state index contributed by atoms with van der Waals surface area (Å²) in [6.07, 6.45) is 4.27. The van der Waals surface area contributed by atoms with Crippen LogP contribution in [0.1, 0.15) is 70.8 Å². The normalized spacial score (nSPS) is 21.8. The minimum Gasteiger partial charge on any atom is -0.382 e. The number of Topliss-reactive ketones (excluding diaryl/α,β-unsaturated/α-hetero) is 2. The highest BCUT2D eigenvalue weighted by atomic mass is 16.5. The van der Waals surface area contributed by atoms with Crippen LogP contribution >= 0.6 is 0 Å². The van der Waals surface area contributed by atoms with Gasteiger partial charge in [0.25, 0.3) is 0 Å². The van der Waals surface area contributed by atoms with Crippen LogP contribution in [0.15, 0.2) is 53.6 Å². The molecule has 0 saturated carbocycles. The number of carbonyl (C=O) groups is 6. The van der Waals surface area contributed by atoms with Gasteiger partial charge in [-0.2, -0.15) is 5.10 Å². The van der Waals surface area contributed by atoms with Crippen molar-refractivity contribution in [3.63, 3.8) is 0 Å². The number of nitrogens with zero attached hydrogens (tertiary/aromatic N) is 3. The van der Waals surface area contributed by atoms with E-state index >= 15 is 0 Å². The quantitative estimate of drug-likeness (QED) is 0.150. The zero-order chi connectivity index (χ0) is 36.5. The van der Waals surface area contributed by atoms with Crippen LogP contribution in [-0.2, 0) is 33.4 Å². The lowest BCUT2D eigenvalue weighted by Crippen LogP contribution is -2.46. The number of carbonyl (C=O) groups excluding carboxylic acids is 6. The van der Waals surface area contributed by atoms with E-state index in [1.807, 2.05) is 30.3 Å². The van der Waals surface area contributed by atoms with Gasteiger partial charge in [-0.05, 0) is 30.9 Å². The predicted molar refractivity (Wildman–Crippen MR) is 188 cm³/mol. The van der Waals surface area contributed by atoms with Gasteiger partial charge in [-0.25, -0.2) is 5.01 Å².